The summed E-state index contributed by atoms with van der Waals surface area (Å²) in [5.74, 6) is 1.64. The number of aliphatic hydroxyl groups is 1. The van der Waals surface area contributed by atoms with Crippen molar-refractivity contribution < 1.29 is 14.6 Å². The molecule has 1 aliphatic carbocycles. The van der Waals surface area contributed by atoms with Crippen molar-refractivity contribution in [3.8, 4) is 11.5 Å². The summed E-state index contributed by atoms with van der Waals surface area (Å²) in [7, 11) is 0. The maximum atomic E-state index is 11.3. The highest BCUT2D eigenvalue weighted by molar-refractivity contribution is 5.73. The molecule has 180 valence electrons. The van der Waals surface area contributed by atoms with Gasteiger partial charge >= 0.3 is 0 Å². The molecule has 2 fully saturated rings. The molecule has 34 heavy (non-hydrogen) atoms. The average molecular weight is 463 g/mol. The van der Waals surface area contributed by atoms with E-state index >= 15 is 0 Å². The van der Waals surface area contributed by atoms with Gasteiger partial charge in [0.25, 0.3) is 0 Å². The molecule has 5 rings (SSSR count). The fourth-order valence-corrected chi connectivity index (χ4v) is 5.53. The van der Waals surface area contributed by atoms with E-state index in [0.29, 0.717) is 12.1 Å². The highest BCUT2D eigenvalue weighted by atomic mass is 16.5. The molecule has 1 amide bonds. The Balaban J connectivity index is 1.13. The minimum Gasteiger partial charge on any atom is -0.457 e. The normalized spacial score (nSPS) is 27.2. The SMILES string of the molecule is CC(=O)N[C@@H]1CCN(C2CCC(N3C=CN(c4ccc(Oc5ccccc5)cc4)C3O)CC2)C1. The molecule has 7 nitrogen and oxygen atoms in total. The number of nitrogens with zero attached hydrogens (tertiary/aromatic N) is 3. The van der Waals surface area contributed by atoms with E-state index in [-0.39, 0.29) is 11.9 Å². The second kappa shape index (κ2) is 10.1. The third-order valence-corrected chi connectivity index (χ3v) is 7.26. The monoisotopic (exact) mass is 462 g/mol. The summed E-state index contributed by atoms with van der Waals surface area (Å²) < 4.78 is 5.88. The topological polar surface area (TPSA) is 68.3 Å². The van der Waals surface area contributed by atoms with Crippen molar-refractivity contribution >= 4 is 11.6 Å². The van der Waals surface area contributed by atoms with Crippen LogP contribution in [0.25, 0.3) is 0 Å². The van der Waals surface area contributed by atoms with Gasteiger partial charge in [0.05, 0.1) is 0 Å². The minimum atomic E-state index is -0.696. The van der Waals surface area contributed by atoms with Crippen LogP contribution >= 0.6 is 0 Å². The Bertz CT molecular complexity index is 989. The Labute approximate surface area is 201 Å². The zero-order chi connectivity index (χ0) is 23.5. The number of hydrogen-bond donors (Lipinski definition) is 2. The number of aliphatic hydroxyl groups excluding tert-OH is 1. The van der Waals surface area contributed by atoms with E-state index in [0.717, 1.165) is 62.4 Å². The van der Waals surface area contributed by atoms with Gasteiger partial charge in [0.2, 0.25) is 12.3 Å². The van der Waals surface area contributed by atoms with Gasteiger partial charge in [-0.05, 0) is 68.5 Å². The smallest absolute Gasteiger partial charge is 0.217 e. The predicted octanol–water partition coefficient (Wildman–Crippen LogP) is 3.87. The van der Waals surface area contributed by atoms with Crippen molar-refractivity contribution in [3.05, 3.63) is 67.0 Å². The van der Waals surface area contributed by atoms with E-state index in [2.05, 4.69) is 15.1 Å². The number of hydrogen-bond acceptors (Lipinski definition) is 6. The van der Waals surface area contributed by atoms with Crippen LogP contribution in [0.1, 0.15) is 39.0 Å². The first-order valence-electron chi connectivity index (χ1n) is 12.3. The number of nitrogens with one attached hydrogen (secondary N) is 1. The largest absolute Gasteiger partial charge is 0.457 e. The zero-order valence-electron chi connectivity index (χ0n) is 19.7. The molecule has 2 aromatic rings. The maximum Gasteiger partial charge on any atom is 0.217 e. The number of para-hydroxylation sites is 1. The Morgan fingerprint density at radius 1 is 0.912 bits per heavy atom. The molecule has 2 aliphatic heterocycles. The second-order valence-electron chi connectivity index (χ2n) is 9.55. The average Bonchev–Trinajstić information content (AvgIpc) is 3.47. The molecule has 0 spiro atoms. The number of likely N-dealkylation sites (tertiary alicyclic amines) is 1. The van der Waals surface area contributed by atoms with Crippen LogP contribution < -0.4 is 15.0 Å². The molecule has 1 saturated heterocycles. The predicted molar refractivity (Wildman–Crippen MR) is 132 cm³/mol. The molecule has 0 bridgehead atoms. The Morgan fingerprint density at radius 3 is 2.29 bits per heavy atom. The van der Waals surface area contributed by atoms with Crippen LogP contribution in [-0.4, -0.2) is 58.4 Å². The van der Waals surface area contributed by atoms with Crippen LogP contribution in [0.5, 0.6) is 11.5 Å². The summed E-state index contributed by atoms with van der Waals surface area (Å²) in [6.45, 7) is 3.61. The summed E-state index contributed by atoms with van der Waals surface area (Å²) in [6, 6.07) is 18.7. The molecular formula is C27H34N4O3. The summed E-state index contributed by atoms with van der Waals surface area (Å²) in [4.78, 5) is 17.9. The first kappa shape index (κ1) is 22.7. The van der Waals surface area contributed by atoms with E-state index in [9.17, 15) is 9.90 Å². The molecule has 2 aromatic carbocycles. The van der Waals surface area contributed by atoms with Gasteiger partial charge in [0, 0.05) is 56.2 Å². The number of anilines is 1. The highest BCUT2D eigenvalue weighted by Crippen LogP contribution is 2.34. The Kier molecular flexibility index (Phi) is 6.74. The van der Waals surface area contributed by atoms with E-state index in [4.69, 9.17) is 4.74 Å². The van der Waals surface area contributed by atoms with Gasteiger partial charge in [-0.25, -0.2) is 0 Å². The lowest BCUT2D eigenvalue weighted by Gasteiger charge is -2.40. The lowest BCUT2D eigenvalue weighted by atomic mass is 9.89. The molecule has 2 heterocycles. The highest BCUT2D eigenvalue weighted by Gasteiger charge is 2.36. The standard InChI is InChI=1S/C27H34N4O3/c1-20(32)28-21-15-16-29(19-21)22-7-9-23(10-8-22)30-17-18-31(27(30)33)24-11-13-26(14-12-24)34-25-5-3-2-4-6-25/h2-6,11-14,17-18,21-23,27,33H,7-10,15-16,19H2,1H3,(H,28,32)/t21-,22?,23?,27?/m1/s1. The van der Waals surface area contributed by atoms with Crippen LogP contribution in [0.3, 0.4) is 0 Å². The molecule has 3 aliphatic rings. The van der Waals surface area contributed by atoms with Gasteiger partial charge in [-0.15, -0.1) is 0 Å². The van der Waals surface area contributed by atoms with Crippen LogP contribution in [0.2, 0.25) is 0 Å². The summed E-state index contributed by atoms with van der Waals surface area (Å²) >= 11 is 0. The van der Waals surface area contributed by atoms with Gasteiger partial charge < -0.3 is 25.0 Å². The zero-order valence-corrected chi connectivity index (χ0v) is 19.7. The van der Waals surface area contributed by atoms with Crippen molar-refractivity contribution in [2.45, 2.75) is 63.5 Å². The number of carbonyl (C=O) groups excluding carboxylic acids is 1. The first-order chi connectivity index (χ1) is 16.6. The van der Waals surface area contributed by atoms with Gasteiger partial charge in [0.15, 0.2) is 0 Å². The number of carbonyl (C=O) groups is 1. The van der Waals surface area contributed by atoms with Gasteiger partial charge in [-0.1, -0.05) is 18.2 Å². The van der Waals surface area contributed by atoms with Crippen molar-refractivity contribution in [3.63, 3.8) is 0 Å². The summed E-state index contributed by atoms with van der Waals surface area (Å²) in [6.07, 6.45) is 8.70. The fraction of sp³-hybridized carbons (Fsp3) is 0.444. The molecule has 0 aromatic heterocycles. The number of amides is 1. The van der Waals surface area contributed by atoms with Crippen LogP contribution in [0.15, 0.2) is 67.0 Å². The van der Waals surface area contributed by atoms with Gasteiger partial charge in [-0.2, -0.15) is 0 Å². The van der Waals surface area contributed by atoms with Crippen molar-refractivity contribution in [1.29, 1.82) is 0 Å². The van der Waals surface area contributed by atoms with E-state index in [1.165, 1.54) is 0 Å². The van der Waals surface area contributed by atoms with Crippen molar-refractivity contribution in [2.24, 2.45) is 0 Å². The molecule has 7 heteroatoms. The third kappa shape index (κ3) is 5.05. The van der Waals surface area contributed by atoms with Crippen molar-refractivity contribution in [2.75, 3.05) is 18.0 Å². The van der Waals surface area contributed by atoms with Gasteiger partial charge in [-0.3, -0.25) is 9.69 Å². The maximum absolute atomic E-state index is 11.3. The molecular weight excluding hydrogens is 428 g/mol. The Morgan fingerprint density at radius 2 is 1.59 bits per heavy atom. The number of benzene rings is 2. The number of ether oxygens (including phenoxy) is 1. The molecule has 0 radical (unpaired) electrons. The van der Waals surface area contributed by atoms with Crippen molar-refractivity contribution in [1.82, 2.24) is 15.1 Å². The van der Waals surface area contributed by atoms with E-state index < -0.39 is 6.35 Å². The van der Waals surface area contributed by atoms with Gasteiger partial charge in [0.1, 0.15) is 11.5 Å². The lowest BCUT2D eigenvalue weighted by molar-refractivity contribution is -0.119. The molecule has 1 unspecified atom stereocenters. The first-order valence-corrected chi connectivity index (χ1v) is 12.3. The third-order valence-electron chi connectivity index (χ3n) is 7.26. The fourth-order valence-electron chi connectivity index (χ4n) is 5.53. The second-order valence-corrected chi connectivity index (χ2v) is 9.55. The number of rotatable bonds is 6. The molecule has 1 saturated carbocycles. The van der Waals surface area contributed by atoms with E-state index in [1.807, 2.05) is 71.9 Å². The van der Waals surface area contributed by atoms with Crippen LogP contribution in [0.4, 0.5) is 5.69 Å². The molecule has 2 atom stereocenters. The summed E-state index contributed by atoms with van der Waals surface area (Å²) in [5.41, 5.74) is 0.932. The lowest BCUT2D eigenvalue weighted by Crippen LogP contribution is -2.47. The Hall–Kier alpha value is -3.03. The summed E-state index contributed by atoms with van der Waals surface area (Å²) in [5, 5.41) is 14.1. The van der Waals surface area contributed by atoms with Crippen LogP contribution in [-0.2, 0) is 4.79 Å². The quantitative estimate of drug-likeness (QED) is 0.679. The van der Waals surface area contributed by atoms with Crippen LogP contribution in [0, 0.1) is 0 Å². The van der Waals surface area contributed by atoms with E-state index in [1.54, 1.807) is 6.92 Å². The molecule has 2 N–H and O–H groups in total. The minimum absolute atomic E-state index is 0.0632.